The Balaban J connectivity index is 1.78. The number of aliphatic carboxylic acids is 1. The normalized spacial score (nSPS) is 14.3. The van der Waals surface area contributed by atoms with Crippen molar-refractivity contribution < 1.29 is 28.7 Å². The van der Waals surface area contributed by atoms with E-state index in [2.05, 4.69) is 25.1 Å². The summed E-state index contributed by atoms with van der Waals surface area (Å²) >= 11 is 0. The Morgan fingerprint density at radius 2 is 1.97 bits per heavy atom. The molecule has 14 heteroatoms. The minimum Gasteiger partial charge on any atom is -0.496 e. The second-order valence-electron chi connectivity index (χ2n) is 8.36. The molecule has 35 heavy (non-hydrogen) atoms. The number of nitrogens with one attached hydrogen (secondary N) is 2. The van der Waals surface area contributed by atoms with Crippen molar-refractivity contribution >= 4 is 36.3 Å². The van der Waals surface area contributed by atoms with Gasteiger partial charge in [-0.1, -0.05) is 12.1 Å². The van der Waals surface area contributed by atoms with Crippen molar-refractivity contribution in [2.75, 3.05) is 19.2 Å². The van der Waals surface area contributed by atoms with Crippen LogP contribution < -0.4 is 20.6 Å². The Kier molecular flexibility index (Phi) is 7.73. The van der Waals surface area contributed by atoms with Crippen LogP contribution in [0.15, 0.2) is 36.9 Å². The van der Waals surface area contributed by atoms with Gasteiger partial charge in [-0.05, 0) is 32.9 Å². The lowest BCUT2D eigenvalue weighted by Gasteiger charge is -2.29. The fourth-order valence-corrected chi connectivity index (χ4v) is 5.34. The van der Waals surface area contributed by atoms with Gasteiger partial charge in [0.15, 0.2) is 11.5 Å². The molecule has 2 heterocycles. The first kappa shape index (κ1) is 26.1. The third-order valence-electron chi connectivity index (χ3n) is 5.05. The number of carboxylic acid groups (broad SMARTS) is 1. The number of carbonyl (C=O) groups excluding carboxylic acids is 1. The van der Waals surface area contributed by atoms with Crippen LogP contribution in [0.1, 0.15) is 31.1 Å². The highest BCUT2D eigenvalue weighted by atomic mass is 31.2. The number of amides is 1. The summed E-state index contributed by atoms with van der Waals surface area (Å²) in [4.78, 5) is 36.9. The molecule has 13 nitrogen and oxygen atoms in total. The number of imidazole rings is 1. The zero-order chi connectivity index (χ0) is 25.8. The summed E-state index contributed by atoms with van der Waals surface area (Å²) in [5.41, 5.74) is 5.28. The van der Waals surface area contributed by atoms with Gasteiger partial charge in [-0.15, -0.1) is 0 Å². The second kappa shape index (κ2) is 10.4. The van der Waals surface area contributed by atoms with Gasteiger partial charge in [0.1, 0.15) is 29.5 Å². The van der Waals surface area contributed by atoms with Gasteiger partial charge >= 0.3 is 5.97 Å². The number of carboxylic acids is 1. The number of para-hydroxylation sites is 1. The lowest BCUT2D eigenvalue weighted by Crippen LogP contribution is -2.48. The van der Waals surface area contributed by atoms with Gasteiger partial charge in [0.25, 0.3) is 13.4 Å². The molecule has 0 bridgehead atoms. The van der Waals surface area contributed by atoms with Gasteiger partial charge < -0.3 is 24.9 Å². The van der Waals surface area contributed by atoms with E-state index in [1.165, 1.54) is 39.7 Å². The molecule has 5 N–H and O–H groups in total. The topological polar surface area (TPSA) is 184 Å². The van der Waals surface area contributed by atoms with Gasteiger partial charge in [0.05, 0.1) is 31.6 Å². The summed E-state index contributed by atoms with van der Waals surface area (Å²) in [7, 11) is -2.52. The van der Waals surface area contributed by atoms with E-state index in [1.807, 2.05) is 0 Å². The predicted octanol–water partition coefficient (Wildman–Crippen LogP) is 1.86. The molecule has 1 amide bonds. The third kappa shape index (κ3) is 6.13. The van der Waals surface area contributed by atoms with Crippen LogP contribution >= 0.6 is 7.44 Å². The van der Waals surface area contributed by atoms with E-state index in [9.17, 15) is 19.3 Å². The molecule has 0 radical (unpaired) electrons. The maximum absolute atomic E-state index is 13.8. The van der Waals surface area contributed by atoms with Crippen LogP contribution in [0.3, 0.4) is 0 Å². The molecule has 2 aromatic heterocycles. The zero-order valence-corrected chi connectivity index (χ0v) is 20.7. The molecular weight excluding hydrogens is 477 g/mol. The third-order valence-corrected chi connectivity index (χ3v) is 7.05. The molecule has 1 unspecified atom stereocenters. The number of fused-ring (bicyclic) bond motifs is 1. The Bertz CT molecular complexity index is 1280. The molecule has 188 valence electrons. The molecular formula is C21H28N7O6P. The second-order valence-corrected chi connectivity index (χ2v) is 10.5. The summed E-state index contributed by atoms with van der Waals surface area (Å²) in [5, 5.41) is 14.5. The number of carbonyl (C=O) groups is 2. The number of hydrogen-bond acceptors (Lipinski definition) is 9. The molecule has 0 aliphatic carbocycles. The van der Waals surface area contributed by atoms with E-state index in [0.29, 0.717) is 11.2 Å². The lowest BCUT2D eigenvalue weighted by molar-refractivity contribution is -0.142. The van der Waals surface area contributed by atoms with Crippen LogP contribution in [0.4, 0.5) is 5.82 Å². The van der Waals surface area contributed by atoms with Crippen molar-refractivity contribution in [3.63, 3.8) is 0 Å². The molecule has 0 aliphatic heterocycles. The van der Waals surface area contributed by atoms with Crippen LogP contribution in [0.25, 0.3) is 11.2 Å². The number of aromatic nitrogens is 4. The van der Waals surface area contributed by atoms with Crippen molar-refractivity contribution in [2.45, 2.75) is 39.0 Å². The van der Waals surface area contributed by atoms with Gasteiger partial charge in [0, 0.05) is 0 Å². The van der Waals surface area contributed by atoms with E-state index in [1.54, 1.807) is 29.7 Å². The predicted molar refractivity (Wildman–Crippen MR) is 128 cm³/mol. The van der Waals surface area contributed by atoms with E-state index in [-0.39, 0.29) is 23.7 Å². The Morgan fingerprint density at radius 3 is 2.66 bits per heavy atom. The zero-order valence-electron chi connectivity index (χ0n) is 19.8. The van der Waals surface area contributed by atoms with Crippen molar-refractivity contribution in [3.8, 4) is 5.75 Å². The Morgan fingerprint density at radius 1 is 1.26 bits per heavy atom. The highest BCUT2D eigenvalue weighted by molar-refractivity contribution is 7.60. The number of nitrogen functional groups attached to an aromatic ring is 1. The van der Waals surface area contributed by atoms with Gasteiger partial charge in [-0.2, -0.15) is 0 Å². The Hall–Kier alpha value is -3.54. The van der Waals surface area contributed by atoms with Crippen LogP contribution in [0, 0.1) is 0 Å². The lowest BCUT2D eigenvalue weighted by atomic mass is 10.1. The summed E-state index contributed by atoms with van der Waals surface area (Å²) in [5.74, 6) is -1.44. The highest BCUT2D eigenvalue weighted by Crippen LogP contribution is 2.40. The average molecular weight is 505 g/mol. The van der Waals surface area contributed by atoms with Crippen LogP contribution in [-0.4, -0.2) is 61.6 Å². The maximum Gasteiger partial charge on any atom is 0.323 e. The summed E-state index contributed by atoms with van der Waals surface area (Å²) < 4.78 is 26.4. The molecule has 3 aromatic rings. The van der Waals surface area contributed by atoms with E-state index < -0.39 is 37.3 Å². The van der Waals surface area contributed by atoms with E-state index >= 15 is 0 Å². The number of hydrogen-bond donors (Lipinski definition) is 4. The molecule has 0 saturated carbocycles. The maximum atomic E-state index is 13.8. The van der Waals surface area contributed by atoms with Crippen molar-refractivity contribution in [1.29, 1.82) is 0 Å². The fraction of sp³-hybridized carbons (Fsp3) is 0.381. The SMILES string of the molecule is COc1ccccc1C(=O)NP(=O)(CO[C@@H](C)Cn1cnc2c(N)ncnc21)NC(C)(C)C(=O)O. The molecule has 0 spiro atoms. The number of methoxy groups -OCH3 is 1. The number of rotatable bonds is 11. The Labute approximate surface area is 201 Å². The van der Waals surface area contributed by atoms with Crippen molar-refractivity contribution in [3.05, 3.63) is 42.5 Å². The fourth-order valence-electron chi connectivity index (χ4n) is 3.24. The van der Waals surface area contributed by atoms with E-state index in [4.69, 9.17) is 15.2 Å². The first-order valence-corrected chi connectivity index (χ1v) is 12.5. The number of ether oxygens (including phenoxy) is 2. The molecule has 0 fully saturated rings. The van der Waals surface area contributed by atoms with Gasteiger partial charge in [0.2, 0.25) is 0 Å². The highest BCUT2D eigenvalue weighted by Gasteiger charge is 2.38. The number of anilines is 1. The number of nitrogens with two attached hydrogens (primary N) is 1. The molecule has 3 rings (SSSR count). The quantitative estimate of drug-likeness (QED) is 0.279. The monoisotopic (exact) mass is 505 g/mol. The summed E-state index contributed by atoms with van der Waals surface area (Å²) in [6.07, 6.45) is 1.86. The number of benzene rings is 1. The number of nitrogens with zero attached hydrogens (tertiary/aromatic N) is 4. The van der Waals surface area contributed by atoms with Gasteiger partial charge in [-0.3, -0.25) is 19.2 Å². The van der Waals surface area contributed by atoms with Crippen LogP contribution in [-0.2, 0) is 20.6 Å². The molecule has 0 saturated heterocycles. The summed E-state index contributed by atoms with van der Waals surface area (Å²) in [6, 6.07) is 6.40. The first-order chi connectivity index (χ1) is 16.5. The minimum absolute atomic E-state index is 0.139. The largest absolute Gasteiger partial charge is 0.496 e. The smallest absolute Gasteiger partial charge is 0.323 e. The van der Waals surface area contributed by atoms with Crippen LogP contribution in [0.2, 0.25) is 0 Å². The van der Waals surface area contributed by atoms with Crippen LogP contribution in [0.5, 0.6) is 5.75 Å². The molecule has 1 aromatic carbocycles. The molecule has 2 atom stereocenters. The molecule has 0 aliphatic rings. The van der Waals surface area contributed by atoms with E-state index in [0.717, 1.165) is 0 Å². The standard InChI is InChI=1S/C21H28N7O6P/c1-13(9-28-11-25-16-17(22)23-10-24-18(16)28)34-12-35(32,27-21(2,3)20(30)31)26-19(29)14-7-5-6-8-15(14)33-4/h5-8,10-11,13H,9,12H2,1-4H3,(H,30,31)(H2,22,23,24)(H2,26,27,29,32)/t13-,35?/m0/s1. The average Bonchev–Trinajstić information content (AvgIpc) is 3.21. The van der Waals surface area contributed by atoms with Gasteiger partial charge in [-0.25, -0.2) is 20.0 Å². The first-order valence-electron chi connectivity index (χ1n) is 10.6. The van der Waals surface area contributed by atoms with Crippen molar-refractivity contribution in [1.82, 2.24) is 29.7 Å². The van der Waals surface area contributed by atoms with Crippen molar-refractivity contribution in [2.24, 2.45) is 0 Å². The summed E-state index contributed by atoms with van der Waals surface area (Å²) in [6.45, 7) is 4.67. The minimum atomic E-state index is -3.93.